The molecule has 30 heavy (non-hydrogen) atoms. The van der Waals surface area contributed by atoms with Crippen LogP contribution in [0.15, 0.2) is 41.5 Å². The molecule has 9 heteroatoms. The van der Waals surface area contributed by atoms with E-state index in [-0.39, 0.29) is 18.1 Å². The van der Waals surface area contributed by atoms with Gasteiger partial charge in [0.15, 0.2) is 5.82 Å². The van der Waals surface area contributed by atoms with Gasteiger partial charge in [0.1, 0.15) is 4.83 Å². The minimum atomic E-state index is -0.0522. The van der Waals surface area contributed by atoms with Gasteiger partial charge in [0.05, 0.1) is 18.3 Å². The predicted octanol–water partition coefficient (Wildman–Crippen LogP) is 3.14. The summed E-state index contributed by atoms with van der Waals surface area (Å²) in [5.74, 6) is 1.49. The fourth-order valence-electron chi connectivity index (χ4n) is 3.85. The van der Waals surface area contributed by atoms with Gasteiger partial charge >= 0.3 is 0 Å². The number of thiophene rings is 1. The van der Waals surface area contributed by atoms with Crippen molar-refractivity contribution < 1.29 is 0 Å². The number of nitrogens with one attached hydrogen (secondary N) is 1. The molecule has 1 unspecified atom stereocenters. The lowest BCUT2D eigenvalue weighted by Crippen LogP contribution is -2.23. The Hall–Kier alpha value is -3.33. The third-order valence-electron chi connectivity index (χ3n) is 5.32. The van der Waals surface area contributed by atoms with Gasteiger partial charge in [0, 0.05) is 10.6 Å². The van der Waals surface area contributed by atoms with Gasteiger partial charge in [-0.05, 0) is 42.9 Å². The number of benzene rings is 1. The molecule has 8 nitrogen and oxygen atoms in total. The Morgan fingerprint density at radius 1 is 1.23 bits per heavy atom. The molecule has 0 aliphatic heterocycles. The maximum atomic E-state index is 13.2. The van der Waals surface area contributed by atoms with Gasteiger partial charge < -0.3 is 11.1 Å². The zero-order valence-corrected chi connectivity index (χ0v) is 17.3. The molecule has 1 aromatic carbocycles. The molecule has 0 saturated carbocycles. The van der Waals surface area contributed by atoms with E-state index in [4.69, 9.17) is 5.73 Å². The number of aryl methyl sites for hydroxylation is 1. The van der Waals surface area contributed by atoms with Gasteiger partial charge in [-0.25, -0.2) is 4.98 Å². The maximum Gasteiger partial charge on any atom is 0.262 e. The highest BCUT2D eigenvalue weighted by molar-refractivity contribution is 7.18. The van der Waals surface area contributed by atoms with Crippen molar-refractivity contribution in [3.63, 3.8) is 0 Å². The summed E-state index contributed by atoms with van der Waals surface area (Å²) in [6.45, 7) is 2.43. The molecule has 1 atom stereocenters. The number of nitrogen functional groups attached to an aromatic ring is 1. The van der Waals surface area contributed by atoms with Crippen molar-refractivity contribution in [2.45, 2.75) is 32.7 Å². The second-order valence-electron chi connectivity index (χ2n) is 7.63. The molecule has 0 bridgehead atoms. The second-order valence-corrected chi connectivity index (χ2v) is 8.72. The molecule has 4 aromatic rings. The molecule has 3 N–H and O–H groups in total. The predicted molar refractivity (Wildman–Crippen MR) is 118 cm³/mol. The fraction of sp³-hybridized carbons (Fsp3) is 0.286. The summed E-state index contributed by atoms with van der Waals surface area (Å²) >= 11 is 1.64. The summed E-state index contributed by atoms with van der Waals surface area (Å²) in [4.78, 5) is 32.7. The van der Waals surface area contributed by atoms with Gasteiger partial charge in [-0.3, -0.25) is 9.36 Å². The molecular weight excluding hydrogens is 398 g/mol. The Morgan fingerprint density at radius 2 is 2.07 bits per heavy atom. The van der Waals surface area contributed by atoms with E-state index < -0.39 is 0 Å². The maximum absolute atomic E-state index is 13.2. The molecule has 3 aromatic heterocycles. The minimum Gasteiger partial charge on any atom is -0.368 e. The first-order valence-corrected chi connectivity index (χ1v) is 10.7. The fourth-order valence-corrected chi connectivity index (χ4v) is 5.19. The van der Waals surface area contributed by atoms with E-state index >= 15 is 0 Å². The Labute approximate surface area is 176 Å². The van der Waals surface area contributed by atoms with E-state index in [1.807, 2.05) is 30.3 Å². The van der Waals surface area contributed by atoms with Crippen LogP contribution < -0.4 is 16.6 Å². The average molecular weight is 420 g/mol. The standard InChI is InChI=1S/C21H21N7OS/c1-12-7-8-14-15(9-12)30-18-17(14)19(29)28(11-23-18)10-16-25-20(22)27-21(26-16)24-13-5-3-2-4-6-13/h2-6,11-12H,7-10H2,1H3,(H3,22,24,25,26,27). The summed E-state index contributed by atoms with van der Waals surface area (Å²) in [7, 11) is 0. The molecule has 0 radical (unpaired) electrons. The number of fused-ring (bicyclic) bond motifs is 3. The Bertz CT molecular complexity index is 1280. The van der Waals surface area contributed by atoms with E-state index in [0.717, 1.165) is 35.2 Å². The number of aromatic nitrogens is 5. The Balaban J connectivity index is 1.48. The largest absolute Gasteiger partial charge is 0.368 e. The van der Waals surface area contributed by atoms with Gasteiger partial charge in [0.25, 0.3) is 5.56 Å². The van der Waals surface area contributed by atoms with Gasteiger partial charge in [-0.2, -0.15) is 15.0 Å². The molecule has 0 fully saturated rings. The van der Waals surface area contributed by atoms with Gasteiger partial charge in [-0.15, -0.1) is 11.3 Å². The Kier molecular flexibility index (Phi) is 4.66. The number of nitrogens with zero attached hydrogens (tertiary/aromatic N) is 5. The number of hydrogen-bond donors (Lipinski definition) is 2. The first-order valence-electron chi connectivity index (χ1n) is 9.89. The number of para-hydroxylation sites is 1. The highest BCUT2D eigenvalue weighted by atomic mass is 32.1. The lowest BCUT2D eigenvalue weighted by atomic mass is 9.89. The van der Waals surface area contributed by atoms with E-state index in [2.05, 4.69) is 32.2 Å². The lowest BCUT2D eigenvalue weighted by molar-refractivity contribution is 0.509. The molecule has 1 aliphatic carbocycles. The highest BCUT2D eigenvalue weighted by Crippen LogP contribution is 2.35. The van der Waals surface area contributed by atoms with Gasteiger partial charge in [-0.1, -0.05) is 25.1 Å². The molecule has 0 amide bonds. The zero-order valence-electron chi connectivity index (χ0n) is 16.5. The number of anilines is 3. The minimum absolute atomic E-state index is 0.0522. The van der Waals surface area contributed by atoms with Crippen LogP contribution in [0.5, 0.6) is 0 Å². The van der Waals surface area contributed by atoms with Crippen molar-refractivity contribution in [3.05, 3.63) is 63.3 Å². The summed E-state index contributed by atoms with van der Waals surface area (Å²) in [5, 5.41) is 3.86. The molecule has 152 valence electrons. The lowest BCUT2D eigenvalue weighted by Gasteiger charge is -2.17. The van der Waals surface area contributed by atoms with Crippen LogP contribution >= 0.6 is 11.3 Å². The summed E-state index contributed by atoms with van der Waals surface area (Å²) in [6, 6.07) is 9.57. The van der Waals surface area contributed by atoms with Crippen molar-refractivity contribution in [2.24, 2.45) is 5.92 Å². The topological polar surface area (TPSA) is 112 Å². The van der Waals surface area contributed by atoms with E-state index in [0.29, 0.717) is 17.7 Å². The van der Waals surface area contributed by atoms with Crippen LogP contribution in [0.2, 0.25) is 0 Å². The number of hydrogen-bond acceptors (Lipinski definition) is 8. The van der Waals surface area contributed by atoms with E-state index in [9.17, 15) is 4.79 Å². The molecule has 5 rings (SSSR count). The SMILES string of the molecule is CC1CCc2c(sc3ncn(Cc4nc(N)nc(Nc5ccccc5)n4)c(=O)c23)C1. The molecule has 1 aliphatic rings. The highest BCUT2D eigenvalue weighted by Gasteiger charge is 2.23. The molecular formula is C21H21N7OS. The Morgan fingerprint density at radius 3 is 2.90 bits per heavy atom. The van der Waals surface area contributed by atoms with Crippen LogP contribution in [0, 0.1) is 5.92 Å². The smallest absolute Gasteiger partial charge is 0.262 e. The number of rotatable bonds is 4. The van der Waals surface area contributed by atoms with Crippen molar-refractivity contribution in [1.29, 1.82) is 0 Å². The first-order chi connectivity index (χ1) is 14.6. The van der Waals surface area contributed by atoms with Crippen LogP contribution in [-0.4, -0.2) is 24.5 Å². The van der Waals surface area contributed by atoms with Crippen LogP contribution in [0.25, 0.3) is 10.2 Å². The van der Waals surface area contributed by atoms with Crippen LogP contribution in [0.3, 0.4) is 0 Å². The summed E-state index contributed by atoms with van der Waals surface area (Å²) in [6.07, 6.45) is 4.63. The van der Waals surface area contributed by atoms with Crippen molar-refractivity contribution in [2.75, 3.05) is 11.1 Å². The average Bonchev–Trinajstić information content (AvgIpc) is 3.08. The second kappa shape index (κ2) is 7.49. The van der Waals surface area contributed by atoms with Crippen LogP contribution in [-0.2, 0) is 19.4 Å². The van der Waals surface area contributed by atoms with Crippen LogP contribution in [0.1, 0.15) is 29.6 Å². The molecule has 0 spiro atoms. The monoisotopic (exact) mass is 419 g/mol. The normalized spacial score (nSPS) is 15.8. The molecule has 0 saturated heterocycles. The zero-order chi connectivity index (χ0) is 20.7. The van der Waals surface area contributed by atoms with Gasteiger partial charge in [0.2, 0.25) is 11.9 Å². The third-order valence-corrected chi connectivity index (χ3v) is 6.49. The van der Waals surface area contributed by atoms with Crippen molar-refractivity contribution >= 4 is 39.1 Å². The summed E-state index contributed by atoms with van der Waals surface area (Å²) in [5.41, 5.74) is 7.84. The van der Waals surface area contributed by atoms with Crippen molar-refractivity contribution in [3.8, 4) is 0 Å². The first kappa shape index (κ1) is 18.7. The van der Waals surface area contributed by atoms with Crippen molar-refractivity contribution in [1.82, 2.24) is 24.5 Å². The van der Waals surface area contributed by atoms with E-state index in [1.54, 1.807) is 22.2 Å². The summed E-state index contributed by atoms with van der Waals surface area (Å²) < 4.78 is 1.55. The third kappa shape index (κ3) is 3.52. The quantitative estimate of drug-likeness (QED) is 0.523. The number of nitrogens with two attached hydrogens (primary N) is 1. The molecule has 3 heterocycles. The van der Waals surface area contributed by atoms with E-state index in [1.165, 1.54) is 10.4 Å². The van der Waals surface area contributed by atoms with Crippen LogP contribution in [0.4, 0.5) is 17.6 Å².